The lowest BCUT2D eigenvalue weighted by atomic mass is 11.0. The van der Waals surface area contributed by atoms with Crippen LogP contribution >= 0.6 is 15.9 Å². The van der Waals surface area contributed by atoms with E-state index in [2.05, 4.69) is 15.9 Å². The number of rotatable bonds is 0. The molecule has 0 amide bonds. The molecule has 0 heterocycles. The fraction of sp³-hybridized carbons (Fsp3) is 0.500. The number of carbonyl (C=O) groups is 1. The number of hydrogen-bond donors (Lipinski definition) is 0. The lowest BCUT2D eigenvalue weighted by Gasteiger charge is -1.52. The summed E-state index contributed by atoms with van der Waals surface area (Å²) in [6.45, 7) is 1.44. The highest BCUT2D eigenvalue weighted by molar-refractivity contribution is 9.18. The zero-order valence-corrected chi connectivity index (χ0v) is 4.28. The lowest BCUT2D eigenvalue weighted by Crippen LogP contribution is -1.60. The van der Waals surface area contributed by atoms with Gasteiger partial charge in [-0.15, -0.1) is 0 Å². The van der Waals surface area contributed by atoms with Crippen molar-refractivity contribution in [3.05, 3.63) is 0 Å². The Morgan fingerprint density at radius 2 is 1.80 bits per heavy atom. The maximum atomic E-state index is 9.36. The smallest absolute Gasteiger partial charge is 0.194 e. The quantitative estimate of drug-likeness (QED) is 0.463. The van der Waals surface area contributed by atoms with Crippen molar-refractivity contribution in [2.24, 2.45) is 0 Å². The fourth-order valence-electron chi connectivity index (χ4n) is 0. The summed E-state index contributed by atoms with van der Waals surface area (Å²) < 4.78 is -0.0208. The largest absolute Gasteiger partial charge is 0.287 e. The minimum Gasteiger partial charge on any atom is -0.287 e. The molecule has 32 valence electrons. The van der Waals surface area contributed by atoms with Gasteiger partial charge in [-0.2, -0.15) is 0 Å². The molecule has 0 unspecified atom stereocenters. The summed E-state index contributed by atoms with van der Waals surface area (Å²) in [5.41, 5.74) is 0. The molecule has 5 heavy (non-hydrogen) atoms. The van der Waals surface area contributed by atoms with Gasteiger partial charge >= 0.3 is 0 Å². The van der Waals surface area contributed by atoms with Crippen molar-refractivity contribution in [2.45, 2.75) is 6.92 Å². The van der Waals surface area contributed by atoms with E-state index < -0.39 is 0 Å². The molecule has 0 spiro atoms. The lowest BCUT2D eigenvalue weighted by molar-refractivity contribution is -0.108. The Morgan fingerprint density at radius 1 is 1.80 bits per heavy atom. The van der Waals surface area contributed by atoms with E-state index >= 15 is 0 Å². The predicted octanol–water partition coefficient (Wildman–Crippen LogP) is 1.08. The van der Waals surface area contributed by atoms with Crippen LogP contribution in [0.5, 0.6) is 0 Å². The molecule has 0 aliphatic rings. The van der Waals surface area contributed by atoms with E-state index in [0.29, 0.717) is 0 Å². The van der Waals surface area contributed by atoms with Crippen molar-refractivity contribution in [1.29, 1.82) is 0 Å². The van der Waals surface area contributed by atoms with Crippen LogP contribution in [0.2, 0.25) is 0 Å². The summed E-state index contributed by atoms with van der Waals surface area (Å²) in [5, 5.41) is 0. The van der Waals surface area contributed by atoms with Crippen LogP contribution in [0.1, 0.15) is 6.92 Å². The summed E-state index contributed by atoms with van der Waals surface area (Å²) >= 11 is 2.63. The van der Waals surface area contributed by atoms with Crippen LogP contribution in [0.15, 0.2) is 0 Å². The van der Waals surface area contributed by atoms with Gasteiger partial charge < -0.3 is 0 Å². The molecule has 0 aliphatic carbocycles. The normalized spacial score (nSPS) is 5.20. The van der Waals surface area contributed by atoms with Gasteiger partial charge in [0.2, 0.25) is 0 Å². The minimum atomic E-state index is -0.0208. The molecule has 0 atom stereocenters. The van der Waals surface area contributed by atoms with Crippen LogP contribution in [0.3, 0.4) is 0 Å². The van der Waals surface area contributed by atoms with Gasteiger partial charge in [-0.3, -0.25) is 9.50 Å². The van der Waals surface area contributed by atoms with E-state index in [1.807, 2.05) is 0 Å². The maximum absolute atomic E-state index is 9.36. The van der Waals surface area contributed by atoms with Gasteiger partial charge in [0, 0.05) is 6.92 Å². The van der Waals surface area contributed by atoms with Gasteiger partial charge in [-0.1, -0.05) is 0 Å². The molecule has 3 heteroatoms. The molecular weight excluding hydrogens is 139 g/mol. The molecule has 0 aliphatic heterocycles. The first-order valence-corrected chi connectivity index (χ1v) is 1.69. The van der Waals surface area contributed by atoms with Crippen LogP contribution in [-0.2, 0) is 4.79 Å². The molecular formula is C2H4BrFO. The first-order valence-electron chi connectivity index (χ1n) is 0.893. The van der Waals surface area contributed by atoms with Crippen molar-refractivity contribution < 1.29 is 9.50 Å². The summed E-state index contributed by atoms with van der Waals surface area (Å²) in [6, 6.07) is 0. The SMILES string of the molecule is CC(=O)Br.F. The first kappa shape index (κ1) is 8.91. The van der Waals surface area contributed by atoms with E-state index in [9.17, 15) is 4.79 Å². The third-order valence-corrected chi connectivity index (χ3v) is 0. The van der Waals surface area contributed by atoms with Crippen molar-refractivity contribution in [1.82, 2.24) is 0 Å². The molecule has 0 fully saturated rings. The second kappa shape index (κ2) is 4.08. The maximum Gasteiger partial charge on any atom is 0.194 e. The van der Waals surface area contributed by atoms with Crippen LogP contribution in [0, 0.1) is 0 Å². The van der Waals surface area contributed by atoms with Crippen LogP contribution in [0.25, 0.3) is 0 Å². The van der Waals surface area contributed by atoms with Gasteiger partial charge in [0.1, 0.15) is 0 Å². The summed E-state index contributed by atoms with van der Waals surface area (Å²) in [5.74, 6) is 0. The predicted molar refractivity (Wildman–Crippen MR) is 22.1 cm³/mol. The Bertz CT molecular complexity index is 32.6. The van der Waals surface area contributed by atoms with Gasteiger partial charge in [-0.25, -0.2) is 0 Å². The third-order valence-electron chi connectivity index (χ3n) is 0. The van der Waals surface area contributed by atoms with E-state index in [0.717, 1.165) is 0 Å². The summed E-state index contributed by atoms with van der Waals surface area (Å²) in [4.78, 5) is 9.36. The summed E-state index contributed by atoms with van der Waals surface area (Å²) in [6.07, 6.45) is 0. The highest BCUT2D eigenvalue weighted by Gasteiger charge is 1.66. The van der Waals surface area contributed by atoms with Gasteiger partial charge in [0.15, 0.2) is 4.69 Å². The molecule has 0 rings (SSSR count). The highest BCUT2D eigenvalue weighted by atomic mass is 79.9. The van der Waals surface area contributed by atoms with E-state index in [4.69, 9.17) is 0 Å². The second-order valence-electron chi connectivity index (χ2n) is 0.470. The minimum absolute atomic E-state index is 0. The second-order valence-corrected chi connectivity index (χ2v) is 1.59. The van der Waals surface area contributed by atoms with Gasteiger partial charge in [0.25, 0.3) is 0 Å². The Labute approximate surface area is 37.9 Å². The first-order chi connectivity index (χ1) is 1.73. The molecule has 0 bridgehead atoms. The van der Waals surface area contributed by atoms with E-state index in [-0.39, 0.29) is 9.40 Å². The molecule has 1 nitrogen and oxygen atoms in total. The molecule has 0 radical (unpaired) electrons. The Hall–Kier alpha value is 0.0800. The van der Waals surface area contributed by atoms with Crippen LogP contribution in [-0.4, -0.2) is 4.69 Å². The topological polar surface area (TPSA) is 17.1 Å². The monoisotopic (exact) mass is 142 g/mol. The number of halogens is 2. The average Bonchev–Trinajstić information content (AvgIpc) is 0.811. The van der Waals surface area contributed by atoms with E-state index in [1.165, 1.54) is 6.92 Å². The van der Waals surface area contributed by atoms with Gasteiger partial charge in [-0.05, 0) is 15.9 Å². The molecule has 0 aromatic rings. The van der Waals surface area contributed by atoms with Crippen molar-refractivity contribution >= 4 is 20.6 Å². The molecule has 0 saturated heterocycles. The zero-order valence-electron chi connectivity index (χ0n) is 2.69. The van der Waals surface area contributed by atoms with Crippen LogP contribution < -0.4 is 0 Å². The van der Waals surface area contributed by atoms with Crippen molar-refractivity contribution in [2.75, 3.05) is 0 Å². The zero-order chi connectivity index (χ0) is 3.58. The molecule has 0 saturated carbocycles. The van der Waals surface area contributed by atoms with Crippen molar-refractivity contribution in [3.8, 4) is 0 Å². The Morgan fingerprint density at radius 3 is 1.80 bits per heavy atom. The van der Waals surface area contributed by atoms with Crippen molar-refractivity contribution in [3.63, 3.8) is 0 Å². The Balaban J connectivity index is 0. The third kappa shape index (κ3) is 2760. The fourth-order valence-corrected chi connectivity index (χ4v) is 0. The molecule has 0 N–H and O–H groups in total. The van der Waals surface area contributed by atoms with Crippen LogP contribution in [0.4, 0.5) is 4.70 Å². The highest BCUT2D eigenvalue weighted by Crippen LogP contribution is 1.74. The Kier molecular flexibility index (Phi) is 7.27. The molecule has 0 aromatic carbocycles. The molecule has 0 aromatic heterocycles. The summed E-state index contributed by atoms with van der Waals surface area (Å²) in [7, 11) is 0. The number of carbonyl (C=O) groups excluding carboxylic acids is 1. The average molecular weight is 143 g/mol. The van der Waals surface area contributed by atoms with Gasteiger partial charge in [0.05, 0.1) is 0 Å². The number of hydrogen-bond acceptors (Lipinski definition) is 1. The standard InChI is InChI=1S/C2H3BrO.FH/c1-2(3)4;/h1H3;1H. The van der Waals surface area contributed by atoms with E-state index in [1.54, 1.807) is 0 Å².